The molecule has 3 nitrogen and oxygen atoms in total. The zero-order chi connectivity index (χ0) is 11.8. The quantitative estimate of drug-likeness (QED) is 0.688. The number of nitrogens with two attached hydrogens (primary N) is 1. The molecule has 0 radical (unpaired) electrons. The Labute approximate surface area is 98.6 Å². The van der Waals surface area contributed by atoms with E-state index in [2.05, 4.69) is 30.0 Å². The summed E-state index contributed by atoms with van der Waals surface area (Å²) in [6, 6.07) is 2.45. The molecule has 0 saturated carbocycles. The van der Waals surface area contributed by atoms with Crippen LogP contribution < -0.4 is 5.73 Å². The lowest BCUT2D eigenvalue weighted by atomic mass is 10.1. The molecule has 1 heterocycles. The molecule has 1 aromatic rings. The number of nitrogens with zero attached hydrogens (tertiary/aromatic N) is 1. The minimum atomic E-state index is 0.291. The normalized spacial score (nSPS) is 12.9. The lowest BCUT2D eigenvalue weighted by Gasteiger charge is -2.06. The molecule has 0 aromatic carbocycles. The first-order valence-corrected chi connectivity index (χ1v) is 6.24. The Bertz CT molecular complexity index is 283. The summed E-state index contributed by atoms with van der Waals surface area (Å²) < 4.78 is 7.53. The van der Waals surface area contributed by atoms with E-state index in [4.69, 9.17) is 10.5 Å². The highest BCUT2D eigenvalue weighted by molar-refractivity contribution is 5.11. The lowest BCUT2D eigenvalue weighted by molar-refractivity contribution is 0.141. The van der Waals surface area contributed by atoms with E-state index in [1.165, 1.54) is 5.56 Å². The summed E-state index contributed by atoms with van der Waals surface area (Å²) in [6.07, 6.45) is 7.41. The third kappa shape index (κ3) is 4.81. The Hall–Kier alpha value is -0.800. The van der Waals surface area contributed by atoms with Crippen molar-refractivity contribution in [3.05, 3.63) is 24.0 Å². The minimum absolute atomic E-state index is 0.291. The highest BCUT2D eigenvalue weighted by Gasteiger charge is 2.02. The topological polar surface area (TPSA) is 40.2 Å². The van der Waals surface area contributed by atoms with Gasteiger partial charge < -0.3 is 15.0 Å². The largest absolute Gasteiger partial charge is 0.382 e. The van der Waals surface area contributed by atoms with Gasteiger partial charge in [0.2, 0.25) is 0 Å². The van der Waals surface area contributed by atoms with Crippen LogP contribution in [0.3, 0.4) is 0 Å². The van der Waals surface area contributed by atoms with Crippen molar-refractivity contribution in [1.29, 1.82) is 0 Å². The molecule has 1 aromatic heterocycles. The molecule has 1 rings (SSSR count). The second-order valence-electron chi connectivity index (χ2n) is 4.18. The molecule has 0 fully saturated rings. The van der Waals surface area contributed by atoms with Gasteiger partial charge in [0.05, 0.1) is 0 Å². The minimum Gasteiger partial charge on any atom is -0.382 e. The van der Waals surface area contributed by atoms with E-state index in [0.717, 1.165) is 39.0 Å². The van der Waals surface area contributed by atoms with Gasteiger partial charge in [-0.1, -0.05) is 6.92 Å². The number of hydrogen-bond acceptors (Lipinski definition) is 2. The maximum Gasteiger partial charge on any atom is 0.0482 e. The van der Waals surface area contributed by atoms with Crippen LogP contribution in [0.25, 0.3) is 0 Å². The molecule has 0 aliphatic carbocycles. The molecular weight excluding hydrogens is 200 g/mol. The predicted octanol–water partition coefficient (Wildman–Crippen LogP) is 2.19. The first-order chi connectivity index (χ1) is 7.76. The van der Waals surface area contributed by atoms with Gasteiger partial charge in [-0.3, -0.25) is 0 Å². The monoisotopic (exact) mass is 224 g/mol. The maximum atomic E-state index is 5.92. The number of ether oxygens (including phenoxy) is 1. The van der Waals surface area contributed by atoms with Gasteiger partial charge >= 0.3 is 0 Å². The van der Waals surface area contributed by atoms with Crippen molar-refractivity contribution in [1.82, 2.24) is 4.57 Å². The number of hydrogen-bond donors (Lipinski definition) is 1. The van der Waals surface area contributed by atoms with E-state index in [1.54, 1.807) is 0 Å². The summed E-state index contributed by atoms with van der Waals surface area (Å²) in [5, 5.41) is 0. The molecule has 0 aliphatic rings. The van der Waals surface area contributed by atoms with E-state index in [0.29, 0.717) is 6.04 Å². The van der Waals surface area contributed by atoms with Crippen LogP contribution in [0, 0.1) is 0 Å². The summed E-state index contributed by atoms with van der Waals surface area (Å²) in [6.45, 7) is 6.84. The van der Waals surface area contributed by atoms with E-state index < -0.39 is 0 Å². The molecular formula is C13H24N2O. The summed E-state index contributed by atoms with van der Waals surface area (Å²) in [7, 11) is 0. The molecule has 3 heteroatoms. The van der Waals surface area contributed by atoms with Gasteiger partial charge in [-0.05, 0) is 37.8 Å². The maximum absolute atomic E-state index is 5.92. The Kier molecular flexibility index (Phi) is 6.19. The average molecular weight is 224 g/mol. The highest BCUT2D eigenvalue weighted by Crippen LogP contribution is 2.06. The standard InChI is InChI=1S/C13H24N2O/c1-3-13(14)10-12-6-8-15(11-12)7-5-9-16-4-2/h6,8,11,13H,3-5,7,9-10,14H2,1-2H3. The molecule has 0 amide bonds. The Morgan fingerprint density at radius 1 is 1.44 bits per heavy atom. The fourth-order valence-corrected chi connectivity index (χ4v) is 1.69. The van der Waals surface area contributed by atoms with Crippen LogP contribution in [0.2, 0.25) is 0 Å². The number of aromatic nitrogens is 1. The average Bonchev–Trinajstić information content (AvgIpc) is 2.72. The predicted molar refractivity (Wildman–Crippen MR) is 67.5 cm³/mol. The number of aryl methyl sites for hydroxylation is 1. The summed E-state index contributed by atoms with van der Waals surface area (Å²) in [4.78, 5) is 0. The van der Waals surface area contributed by atoms with Crippen molar-refractivity contribution in [2.75, 3.05) is 13.2 Å². The molecule has 1 unspecified atom stereocenters. The third-order valence-electron chi connectivity index (χ3n) is 2.74. The SMILES string of the molecule is CCOCCCn1ccc(CC(N)CC)c1. The van der Waals surface area contributed by atoms with E-state index >= 15 is 0 Å². The van der Waals surface area contributed by atoms with Crippen LogP contribution >= 0.6 is 0 Å². The van der Waals surface area contributed by atoms with Gasteiger partial charge in [0.25, 0.3) is 0 Å². The molecule has 92 valence electrons. The fourth-order valence-electron chi connectivity index (χ4n) is 1.69. The highest BCUT2D eigenvalue weighted by atomic mass is 16.5. The summed E-state index contributed by atoms with van der Waals surface area (Å²) in [5.41, 5.74) is 7.26. The van der Waals surface area contributed by atoms with Crippen LogP contribution in [-0.2, 0) is 17.7 Å². The molecule has 1 atom stereocenters. The molecule has 0 aliphatic heterocycles. The first-order valence-electron chi connectivity index (χ1n) is 6.24. The van der Waals surface area contributed by atoms with Crippen molar-refractivity contribution < 1.29 is 4.74 Å². The van der Waals surface area contributed by atoms with Gasteiger partial charge in [-0.15, -0.1) is 0 Å². The third-order valence-corrected chi connectivity index (χ3v) is 2.74. The molecule has 0 spiro atoms. The van der Waals surface area contributed by atoms with Crippen molar-refractivity contribution >= 4 is 0 Å². The fraction of sp³-hybridized carbons (Fsp3) is 0.692. The molecule has 0 bridgehead atoms. The Morgan fingerprint density at radius 3 is 2.94 bits per heavy atom. The van der Waals surface area contributed by atoms with Gasteiger partial charge in [0, 0.05) is 38.2 Å². The van der Waals surface area contributed by atoms with Gasteiger partial charge in [-0.2, -0.15) is 0 Å². The van der Waals surface area contributed by atoms with Crippen molar-refractivity contribution in [2.24, 2.45) is 5.73 Å². The van der Waals surface area contributed by atoms with E-state index in [1.807, 2.05) is 6.92 Å². The van der Waals surface area contributed by atoms with Crippen molar-refractivity contribution in [3.8, 4) is 0 Å². The van der Waals surface area contributed by atoms with Gasteiger partial charge in [-0.25, -0.2) is 0 Å². The molecule has 0 saturated heterocycles. The van der Waals surface area contributed by atoms with Crippen LogP contribution in [0.4, 0.5) is 0 Å². The second kappa shape index (κ2) is 7.47. The van der Waals surface area contributed by atoms with E-state index in [-0.39, 0.29) is 0 Å². The summed E-state index contributed by atoms with van der Waals surface area (Å²) in [5.74, 6) is 0. The van der Waals surface area contributed by atoms with E-state index in [9.17, 15) is 0 Å². The zero-order valence-corrected chi connectivity index (χ0v) is 10.5. The van der Waals surface area contributed by atoms with Crippen molar-refractivity contribution in [2.45, 2.75) is 45.7 Å². The Morgan fingerprint density at radius 2 is 2.25 bits per heavy atom. The van der Waals surface area contributed by atoms with Crippen LogP contribution in [-0.4, -0.2) is 23.8 Å². The smallest absolute Gasteiger partial charge is 0.0482 e. The van der Waals surface area contributed by atoms with Gasteiger partial charge in [0.15, 0.2) is 0 Å². The first kappa shape index (κ1) is 13.3. The van der Waals surface area contributed by atoms with Crippen LogP contribution in [0.15, 0.2) is 18.5 Å². The van der Waals surface area contributed by atoms with Gasteiger partial charge in [0.1, 0.15) is 0 Å². The molecule has 2 N–H and O–H groups in total. The zero-order valence-electron chi connectivity index (χ0n) is 10.5. The second-order valence-corrected chi connectivity index (χ2v) is 4.18. The lowest BCUT2D eigenvalue weighted by Crippen LogP contribution is -2.21. The molecule has 16 heavy (non-hydrogen) atoms. The van der Waals surface area contributed by atoms with Crippen LogP contribution in [0.5, 0.6) is 0 Å². The number of rotatable bonds is 8. The summed E-state index contributed by atoms with van der Waals surface area (Å²) >= 11 is 0. The Balaban J connectivity index is 2.28. The van der Waals surface area contributed by atoms with Crippen molar-refractivity contribution in [3.63, 3.8) is 0 Å². The van der Waals surface area contributed by atoms with Crippen LogP contribution in [0.1, 0.15) is 32.3 Å².